The number of carbonyl (C=O) groups is 2. The molecule has 0 radical (unpaired) electrons. The van der Waals surface area contributed by atoms with Crippen molar-refractivity contribution in [1.82, 2.24) is 10.3 Å². The van der Waals surface area contributed by atoms with Crippen LogP contribution in [0.1, 0.15) is 35.7 Å². The van der Waals surface area contributed by atoms with E-state index in [-0.39, 0.29) is 17.2 Å². The molecule has 0 spiro atoms. The molecule has 1 aromatic heterocycles. The number of amides is 2. The van der Waals surface area contributed by atoms with Crippen LogP contribution in [-0.2, 0) is 4.79 Å². The van der Waals surface area contributed by atoms with Crippen LogP contribution in [0.25, 0.3) is 5.57 Å². The molecule has 160 valence electrons. The number of hydrogen-bond acceptors (Lipinski definition) is 5. The third-order valence-electron chi connectivity index (χ3n) is 5.98. The van der Waals surface area contributed by atoms with Crippen molar-refractivity contribution < 1.29 is 14.3 Å². The van der Waals surface area contributed by atoms with Crippen molar-refractivity contribution in [2.45, 2.75) is 25.8 Å². The van der Waals surface area contributed by atoms with E-state index >= 15 is 0 Å². The number of nitrogen functional groups attached to an aromatic ring is 1. The summed E-state index contributed by atoms with van der Waals surface area (Å²) in [6.45, 7) is 2.10. The third-order valence-corrected chi connectivity index (χ3v) is 5.98. The number of nitrogens with one attached hydrogen (secondary N) is 1. The highest BCUT2D eigenvalue weighted by Gasteiger charge is 2.37. The van der Waals surface area contributed by atoms with Crippen molar-refractivity contribution in [3.8, 4) is 5.75 Å². The van der Waals surface area contributed by atoms with Gasteiger partial charge >= 0.3 is 0 Å². The zero-order chi connectivity index (χ0) is 22.2. The van der Waals surface area contributed by atoms with Crippen LogP contribution in [0, 0.1) is 5.41 Å². The quantitative estimate of drug-likeness (QED) is 0.795. The third kappa shape index (κ3) is 4.03. The summed E-state index contributed by atoms with van der Waals surface area (Å²) in [6, 6.07) is 8.29. The van der Waals surface area contributed by atoms with Crippen LogP contribution in [0.4, 0.5) is 11.5 Å². The number of hydrogen-bond donors (Lipinski definition) is 2. The number of methoxy groups -OCH3 is 1. The van der Waals surface area contributed by atoms with E-state index in [1.165, 1.54) is 0 Å². The molecule has 2 aliphatic rings. The molecule has 2 aromatic rings. The number of fused-ring (bicyclic) bond motifs is 1. The zero-order valence-corrected chi connectivity index (χ0v) is 17.9. The van der Waals surface area contributed by atoms with Gasteiger partial charge in [0.15, 0.2) is 0 Å². The number of benzene rings is 1. The maximum Gasteiger partial charge on any atom is 0.254 e. The number of anilines is 2. The molecule has 0 saturated carbocycles. The molecule has 3 N–H and O–H groups in total. The Kier molecular flexibility index (Phi) is 5.27. The van der Waals surface area contributed by atoms with Crippen LogP contribution in [0.3, 0.4) is 0 Å². The number of rotatable bonds is 4. The van der Waals surface area contributed by atoms with Crippen LogP contribution >= 0.6 is 0 Å². The molecule has 0 saturated heterocycles. The monoisotopic (exact) mass is 418 g/mol. The second-order valence-corrected chi connectivity index (χ2v) is 8.33. The van der Waals surface area contributed by atoms with Crippen molar-refractivity contribution >= 4 is 28.9 Å². The second kappa shape index (κ2) is 7.91. The van der Waals surface area contributed by atoms with Crippen molar-refractivity contribution in [2.24, 2.45) is 5.41 Å². The van der Waals surface area contributed by atoms with Crippen molar-refractivity contribution in [2.75, 3.05) is 24.8 Å². The summed E-state index contributed by atoms with van der Waals surface area (Å²) < 4.78 is 5.24. The van der Waals surface area contributed by atoms with E-state index in [0.717, 1.165) is 17.6 Å². The molecular weight excluding hydrogens is 392 g/mol. The lowest BCUT2D eigenvalue weighted by Gasteiger charge is -2.32. The first kappa shape index (κ1) is 20.7. The SMILES string of the molecule is COc1ccc2c(c1)C(=O)NC(CC1(C)C=CC(c3ccnc(N)c3)=CC1)C(=O)N2C. The molecule has 2 heterocycles. The fourth-order valence-electron chi connectivity index (χ4n) is 4.13. The van der Waals surface area contributed by atoms with Gasteiger partial charge in [0.05, 0.1) is 18.4 Å². The highest BCUT2D eigenvalue weighted by Crippen LogP contribution is 2.38. The molecule has 2 atom stereocenters. The molecule has 2 unspecified atom stereocenters. The first-order chi connectivity index (χ1) is 14.8. The van der Waals surface area contributed by atoms with Gasteiger partial charge in [0.2, 0.25) is 5.91 Å². The summed E-state index contributed by atoms with van der Waals surface area (Å²) >= 11 is 0. The summed E-state index contributed by atoms with van der Waals surface area (Å²) in [5.41, 5.74) is 8.61. The summed E-state index contributed by atoms with van der Waals surface area (Å²) in [5, 5.41) is 2.92. The lowest BCUT2D eigenvalue weighted by molar-refractivity contribution is -0.120. The van der Waals surface area contributed by atoms with E-state index in [2.05, 4.69) is 29.4 Å². The van der Waals surface area contributed by atoms with E-state index in [4.69, 9.17) is 10.5 Å². The first-order valence-electron chi connectivity index (χ1n) is 10.2. The average Bonchev–Trinajstić information content (AvgIpc) is 2.84. The highest BCUT2D eigenvalue weighted by molar-refractivity contribution is 6.11. The molecule has 0 bridgehead atoms. The van der Waals surface area contributed by atoms with E-state index in [0.29, 0.717) is 29.2 Å². The first-order valence-corrected chi connectivity index (χ1v) is 10.2. The van der Waals surface area contributed by atoms with Gasteiger partial charge in [-0.2, -0.15) is 0 Å². The van der Waals surface area contributed by atoms with Gasteiger partial charge in [0.25, 0.3) is 5.91 Å². The van der Waals surface area contributed by atoms with Gasteiger partial charge in [-0.15, -0.1) is 0 Å². The summed E-state index contributed by atoms with van der Waals surface area (Å²) in [4.78, 5) is 31.6. The lowest BCUT2D eigenvalue weighted by atomic mass is 9.76. The number of likely N-dealkylation sites (N-methyl/N-ethyl adjacent to an activating group) is 1. The predicted octanol–water partition coefficient (Wildman–Crippen LogP) is 3.19. The number of carbonyl (C=O) groups excluding carboxylic acids is 2. The minimum Gasteiger partial charge on any atom is -0.497 e. The summed E-state index contributed by atoms with van der Waals surface area (Å²) in [5.74, 6) is 0.642. The average molecular weight is 418 g/mol. The van der Waals surface area contributed by atoms with Crippen molar-refractivity contribution in [3.05, 3.63) is 65.9 Å². The number of nitrogens with two attached hydrogens (primary N) is 1. The highest BCUT2D eigenvalue weighted by atomic mass is 16.5. The van der Waals surface area contributed by atoms with Gasteiger partial charge in [-0.25, -0.2) is 4.98 Å². The van der Waals surface area contributed by atoms with Crippen molar-refractivity contribution in [1.29, 1.82) is 0 Å². The molecule has 0 fully saturated rings. The summed E-state index contributed by atoms with van der Waals surface area (Å²) in [7, 11) is 3.25. The topological polar surface area (TPSA) is 97.5 Å². The molecule has 7 nitrogen and oxygen atoms in total. The number of nitrogens with zero attached hydrogens (tertiary/aromatic N) is 2. The molecule has 1 aromatic carbocycles. The van der Waals surface area contributed by atoms with Gasteiger partial charge < -0.3 is 20.7 Å². The Morgan fingerprint density at radius 1 is 1.29 bits per heavy atom. The Hall–Kier alpha value is -3.61. The molecular formula is C24H26N4O3. The van der Waals surface area contributed by atoms with Crippen LogP contribution in [0.15, 0.2) is 54.8 Å². The number of allylic oxidation sites excluding steroid dienone is 4. The van der Waals surface area contributed by atoms with E-state index in [1.807, 2.05) is 18.2 Å². The Bertz CT molecular complexity index is 1110. The Balaban J connectivity index is 1.54. The molecule has 31 heavy (non-hydrogen) atoms. The van der Waals surface area contributed by atoms with Gasteiger partial charge in [0, 0.05) is 13.2 Å². The van der Waals surface area contributed by atoms with Gasteiger partial charge in [-0.05, 0) is 59.7 Å². The van der Waals surface area contributed by atoms with E-state index in [1.54, 1.807) is 43.5 Å². The van der Waals surface area contributed by atoms with Gasteiger partial charge in [-0.3, -0.25) is 9.59 Å². The Morgan fingerprint density at radius 2 is 2.10 bits per heavy atom. The zero-order valence-electron chi connectivity index (χ0n) is 17.9. The minimum atomic E-state index is -0.628. The number of ether oxygens (including phenoxy) is 1. The predicted molar refractivity (Wildman–Crippen MR) is 121 cm³/mol. The summed E-state index contributed by atoms with van der Waals surface area (Å²) in [6.07, 6.45) is 9.22. The van der Waals surface area contributed by atoms with Crippen LogP contribution in [0.5, 0.6) is 5.75 Å². The largest absolute Gasteiger partial charge is 0.497 e. The van der Waals surface area contributed by atoms with Crippen LogP contribution in [0.2, 0.25) is 0 Å². The number of aromatic nitrogens is 1. The van der Waals surface area contributed by atoms with E-state index < -0.39 is 6.04 Å². The van der Waals surface area contributed by atoms with Gasteiger partial charge in [0.1, 0.15) is 17.6 Å². The van der Waals surface area contributed by atoms with Gasteiger partial charge in [-0.1, -0.05) is 25.2 Å². The lowest BCUT2D eigenvalue weighted by Crippen LogP contribution is -2.47. The van der Waals surface area contributed by atoms with Crippen LogP contribution in [-0.4, -0.2) is 37.0 Å². The standard InChI is InChI=1S/C24H26N4O3/c1-24(9-6-15(7-10-24)16-8-11-26-21(25)12-16)14-19-23(30)28(2)20-5-4-17(31-3)13-18(20)22(29)27-19/h4-9,11-13,19H,10,14H2,1-3H3,(H2,25,26)(H,27,29). The maximum atomic E-state index is 13.2. The Labute approximate surface area is 181 Å². The smallest absolute Gasteiger partial charge is 0.254 e. The molecule has 1 aliphatic carbocycles. The number of pyridine rings is 1. The maximum absolute atomic E-state index is 13.2. The van der Waals surface area contributed by atoms with E-state index in [9.17, 15) is 9.59 Å². The van der Waals surface area contributed by atoms with Crippen molar-refractivity contribution in [3.63, 3.8) is 0 Å². The molecule has 4 rings (SSSR count). The fourth-order valence-corrected chi connectivity index (χ4v) is 4.13. The Morgan fingerprint density at radius 3 is 2.77 bits per heavy atom. The fraction of sp³-hybridized carbons (Fsp3) is 0.292. The normalized spacial score (nSPS) is 23.0. The molecule has 7 heteroatoms. The van der Waals surface area contributed by atoms with Crippen LogP contribution < -0.4 is 20.7 Å². The molecule has 1 aliphatic heterocycles. The minimum absolute atomic E-state index is 0.136. The second-order valence-electron chi connectivity index (χ2n) is 8.33. The molecule has 2 amide bonds.